The van der Waals surface area contributed by atoms with Gasteiger partial charge in [-0.2, -0.15) is 0 Å². The van der Waals surface area contributed by atoms with E-state index in [2.05, 4.69) is 11.7 Å². The number of hydrogen-bond donors (Lipinski definition) is 0. The number of esters is 1. The van der Waals surface area contributed by atoms with Gasteiger partial charge in [0.25, 0.3) is 0 Å². The maximum atomic E-state index is 10.5. The summed E-state index contributed by atoms with van der Waals surface area (Å²) in [4.78, 5) is 10.5. The average molecular weight is 115 g/mol. The topological polar surface area (TPSA) is 26.3 Å². The van der Waals surface area contributed by atoms with E-state index in [9.17, 15) is 4.79 Å². The van der Waals surface area contributed by atoms with Crippen LogP contribution in [0.2, 0.25) is 0 Å². The van der Waals surface area contributed by atoms with Gasteiger partial charge >= 0.3 is 5.97 Å². The van der Waals surface area contributed by atoms with E-state index in [1.54, 1.807) is 6.92 Å². The average Bonchev–Trinajstić information content (AvgIpc) is 1.84. The Hall–Kier alpha value is -0.530. The summed E-state index contributed by atoms with van der Waals surface area (Å²) in [7, 11) is 1.38. The Morgan fingerprint density at radius 1 is 1.88 bits per heavy atom. The van der Waals surface area contributed by atoms with E-state index >= 15 is 0 Å². The van der Waals surface area contributed by atoms with Crippen LogP contribution in [-0.4, -0.2) is 13.1 Å². The molecule has 1 radical (unpaired) electrons. The zero-order valence-electron chi connectivity index (χ0n) is 5.31. The molecule has 0 aliphatic rings. The molecule has 0 rings (SSSR count). The Balaban J connectivity index is 3.46. The van der Waals surface area contributed by atoms with E-state index in [0.717, 1.165) is 0 Å². The molecule has 0 fully saturated rings. The van der Waals surface area contributed by atoms with Crippen LogP contribution in [0.1, 0.15) is 13.3 Å². The summed E-state index contributed by atoms with van der Waals surface area (Å²) in [5.41, 5.74) is 0. The highest BCUT2D eigenvalue weighted by Gasteiger charge is 2.08. The monoisotopic (exact) mass is 115 g/mol. The molecule has 0 amide bonds. The van der Waals surface area contributed by atoms with E-state index in [0.29, 0.717) is 6.42 Å². The zero-order chi connectivity index (χ0) is 6.57. The van der Waals surface area contributed by atoms with Gasteiger partial charge in [-0.15, -0.1) is 0 Å². The molecule has 0 spiro atoms. The van der Waals surface area contributed by atoms with Gasteiger partial charge in [0, 0.05) is 0 Å². The molecule has 1 unspecified atom stereocenters. The minimum atomic E-state index is -0.181. The predicted molar refractivity (Wildman–Crippen MR) is 31.2 cm³/mol. The fraction of sp³-hybridized carbons (Fsp3) is 0.667. The van der Waals surface area contributed by atoms with Crippen LogP contribution in [0, 0.1) is 12.8 Å². The van der Waals surface area contributed by atoms with E-state index in [1.165, 1.54) is 7.11 Å². The van der Waals surface area contributed by atoms with Gasteiger partial charge in [0.15, 0.2) is 0 Å². The van der Waals surface area contributed by atoms with Gasteiger partial charge in [0.2, 0.25) is 0 Å². The van der Waals surface area contributed by atoms with Gasteiger partial charge in [0.1, 0.15) is 0 Å². The molecular weight excluding hydrogens is 104 g/mol. The maximum absolute atomic E-state index is 10.5. The molecule has 0 bridgehead atoms. The first kappa shape index (κ1) is 7.47. The lowest BCUT2D eigenvalue weighted by atomic mass is 10.1. The smallest absolute Gasteiger partial charge is 0.308 e. The van der Waals surface area contributed by atoms with Crippen molar-refractivity contribution in [1.82, 2.24) is 0 Å². The summed E-state index contributed by atoms with van der Waals surface area (Å²) in [5, 5.41) is 0. The second-order valence-electron chi connectivity index (χ2n) is 1.71. The van der Waals surface area contributed by atoms with E-state index in [-0.39, 0.29) is 11.9 Å². The van der Waals surface area contributed by atoms with Crippen molar-refractivity contribution in [2.45, 2.75) is 13.3 Å². The standard InChI is InChI=1S/C6H11O2/c1-4-5(2)6(7)8-3/h5H,1,4H2,2-3H3. The normalized spacial score (nSPS) is 12.9. The zero-order valence-corrected chi connectivity index (χ0v) is 5.31. The fourth-order valence-corrected chi connectivity index (χ4v) is 0.319. The van der Waals surface area contributed by atoms with Crippen LogP contribution in [0.3, 0.4) is 0 Å². The van der Waals surface area contributed by atoms with Crippen LogP contribution in [-0.2, 0) is 9.53 Å². The van der Waals surface area contributed by atoms with Crippen LogP contribution in [0.4, 0.5) is 0 Å². The third-order valence-electron chi connectivity index (χ3n) is 1.04. The van der Waals surface area contributed by atoms with Gasteiger partial charge in [-0.3, -0.25) is 4.79 Å². The molecule has 0 aliphatic carbocycles. The molecular formula is C6H11O2. The summed E-state index contributed by atoms with van der Waals surface area (Å²) in [6.07, 6.45) is 0.604. The van der Waals surface area contributed by atoms with Gasteiger partial charge in [-0.05, 0) is 6.42 Å². The first-order chi connectivity index (χ1) is 3.72. The Morgan fingerprint density at radius 3 is 2.50 bits per heavy atom. The quantitative estimate of drug-likeness (QED) is 0.502. The molecule has 0 saturated heterocycles. The molecule has 0 aliphatic heterocycles. The summed E-state index contributed by atoms with van der Waals surface area (Å²) in [6.45, 7) is 5.34. The number of carbonyl (C=O) groups excluding carboxylic acids is 1. The molecule has 0 N–H and O–H groups in total. The number of ether oxygens (including phenoxy) is 1. The molecule has 0 aromatic heterocycles. The van der Waals surface area contributed by atoms with Crippen molar-refractivity contribution in [2.75, 3.05) is 7.11 Å². The minimum absolute atomic E-state index is 0.0556. The molecule has 2 nitrogen and oxygen atoms in total. The second-order valence-corrected chi connectivity index (χ2v) is 1.71. The SMILES string of the molecule is [CH2]CC(C)C(=O)OC. The number of rotatable bonds is 2. The Morgan fingerprint density at radius 2 is 2.38 bits per heavy atom. The molecule has 0 heterocycles. The van der Waals surface area contributed by atoms with Crippen LogP contribution in [0.5, 0.6) is 0 Å². The number of methoxy groups -OCH3 is 1. The van der Waals surface area contributed by atoms with Crippen molar-refractivity contribution >= 4 is 5.97 Å². The minimum Gasteiger partial charge on any atom is -0.469 e. The third-order valence-corrected chi connectivity index (χ3v) is 1.04. The Kier molecular flexibility index (Phi) is 3.24. The first-order valence-corrected chi connectivity index (χ1v) is 2.59. The van der Waals surface area contributed by atoms with Crippen LogP contribution in [0.25, 0.3) is 0 Å². The Bertz CT molecular complexity index is 78.6. The van der Waals surface area contributed by atoms with Crippen molar-refractivity contribution in [1.29, 1.82) is 0 Å². The highest BCUT2D eigenvalue weighted by atomic mass is 16.5. The lowest BCUT2D eigenvalue weighted by Gasteiger charge is -2.02. The van der Waals surface area contributed by atoms with E-state index < -0.39 is 0 Å². The van der Waals surface area contributed by atoms with Crippen LogP contribution >= 0.6 is 0 Å². The fourth-order valence-electron chi connectivity index (χ4n) is 0.319. The lowest BCUT2D eigenvalue weighted by molar-refractivity contribution is -0.144. The number of carbonyl (C=O) groups is 1. The lowest BCUT2D eigenvalue weighted by Crippen LogP contribution is -2.10. The second kappa shape index (κ2) is 3.47. The first-order valence-electron chi connectivity index (χ1n) is 2.59. The molecule has 0 aromatic rings. The molecule has 0 saturated carbocycles. The van der Waals surface area contributed by atoms with Crippen molar-refractivity contribution < 1.29 is 9.53 Å². The molecule has 0 aromatic carbocycles. The van der Waals surface area contributed by atoms with Crippen molar-refractivity contribution in [3.8, 4) is 0 Å². The summed E-state index contributed by atoms with van der Waals surface area (Å²) in [5.74, 6) is -0.236. The van der Waals surface area contributed by atoms with Crippen molar-refractivity contribution in [2.24, 2.45) is 5.92 Å². The summed E-state index contributed by atoms with van der Waals surface area (Å²) >= 11 is 0. The van der Waals surface area contributed by atoms with Crippen LogP contribution < -0.4 is 0 Å². The predicted octanol–water partition coefficient (Wildman–Crippen LogP) is 1.02. The van der Waals surface area contributed by atoms with Gasteiger partial charge in [0.05, 0.1) is 13.0 Å². The van der Waals surface area contributed by atoms with Crippen molar-refractivity contribution in [3.63, 3.8) is 0 Å². The highest BCUT2D eigenvalue weighted by molar-refractivity contribution is 5.71. The molecule has 1 atom stereocenters. The highest BCUT2D eigenvalue weighted by Crippen LogP contribution is 2.00. The molecule has 47 valence electrons. The largest absolute Gasteiger partial charge is 0.469 e. The third kappa shape index (κ3) is 1.96. The maximum Gasteiger partial charge on any atom is 0.308 e. The van der Waals surface area contributed by atoms with Crippen molar-refractivity contribution in [3.05, 3.63) is 6.92 Å². The summed E-state index contributed by atoms with van der Waals surface area (Å²) in [6, 6.07) is 0. The van der Waals surface area contributed by atoms with Crippen LogP contribution in [0.15, 0.2) is 0 Å². The van der Waals surface area contributed by atoms with Gasteiger partial charge in [-0.25, -0.2) is 0 Å². The molecule has 2 heteroatoms. The number of hydrogen-bond acceptors (Lipinski definition) is 2. The Labute approximate surface area is 49.8 Å². The van der Waals surface area contributed by atoms with Gasteiger partial charge < -0.3 is 4.74 Å². The molecule has 8 heavy (non-hydrogen) atoms. The summed E-state index contributed by atoms with van der Waals surface area (Å²) < 4.78 is 4.42. The van der Waals surface area contributed by atoms with E-state index in [4.69, 9.17) is 0 Å². The van der Waals surface area contributed by atoms with E-state index in [1.807, 2.05) is 0 Å². The van der Waals surface area contributed by atoms with Gasteiger partial charge in [-0.1, -0.05) is 13.8 Å².